The molecule has 1 aromatic heterocycles. The number of nitrogens with one attached hydrogen (secondary N) is 1. The van der Waals surface area contributed by atoms with Crippen molar-refractivity contribution in [2.45, 2.75) is 13.3 Å². The molecular weight excluding hydrogens is 130 g/mol. The Morgan fingerprint density at radius 3 is 3.10 bits per heavy atom. The molecule has 4 heteroatoms. The first-order valence-electron chi connectivity index (χ1n) is 3.26. The van der Waals surface area contributed by atoms with Crippen molar-refractivity contribution in [3.63, 3.8) is 0 Å². The Hall–Kier alpha value is -1.19. The van der Waals surface area contributed by atoms with E-state index in [2.05, 4.69) is 10.2 Å². The lowest BCUT2D eigenvalue weighted by atomic mass is 10.5. The van der Waals surface area contributed by atoms with Crippen molar-refractivity contribution in [3.05, 3.63) is 6.07 Å². The SMILES string of the molecule is CCCOc1cc(N)n[nH]1. The molecule has 0 fully saturated rings. The zero-order valence-electron chi connectivity index (χ0n) is 5.92. The number of ether oxygens (including phenoxy) is 1. The number of hydrogen-bond donors (Lipinski definition) is 2. The lowest BCUT2D eigenvalue weighted by molar-refractivity contribution is 0.305. The van der Waals surface area contributed by atoms with Crippen LogP contribution in [0.4, 0.5) is 5.82 Å². The molecule has 4 nitrogen and oxygen atoms in total. The molecule has 0 radical (unpaired) electrons. The molecule has 1 rings (SSSR count). The van der Waals surface area contributed by atoms with E-state index in [0.29, 0.717) is 18.3 Å². The molecule has 0 amide bonds. The van der Waals surface area contributed by atoms with Gasteiger partial charge in [0.1, 0.15) is 5.82 Å². The Kier molecular flexibility index (Phi) is 2.15. The summed E-state index contributed by atoms with van der Waals surface area (Å²) in [4.78, 5) is 0. The Balaban J connectivity index is 2.42. The largest absolute Gasteiger partial charge is 0.478 e. The number of anilines is 1. The highest BCUT2D eigenvalue weighted by molar-refractivity contribution is 5.31. The highest BCUT2D eigenvalue weighted by Gasteiger charge is 1.95. The summed E-state index contributed by atoms with van der Waals surface area (Å²) in [7, 11) is 0. The van der Waals surface area contributed by atoms with Gasteiger partial charge in [-0.3, -0.25) is 0 Å². The van der Waals surface area contributed by atoms with E-state index in [1.54, 1.807) is 6.07 Å². The molecule has 0 atom stereocenters. The van der Waals surface area contributed by atoms with Crippen LogP contribution in [0, 0.1) is 0 Å². The fraction of sp³-hybridized carbons (Fsp3) is 0.500. The molecule has 56 valence electrons. The third kappa shape index (κ3) is 1.65. The van der Waals surface area contributed by atoms with Crippen LogP contribution in [0.3, 0.4) is 0 Å². The number of H-pyrrole nitrogens is 1. The van der Waals surface area contributed by atoms with Gasteiger partial charge in [-0.2, -0.15) is 5.10 Å². The summed E-state index contributed by atoms with van der Waals surface area (Å²) in [5.74, 6) is 1.10. The third-order valence-corrected chi connectivity index (χ3v) is 1.04. The van der Waals surface area contributed by atoms with Gasteiger partial charge in [-0.25, -0.2) is 5.10 Å². The smallest absolute Gasteiger partial charge is 0.211 e. The Morgan fingerprint density at radius 2 is 2.60 bits per heavy atom. The van der Waals surface area contributed by atoms with Crippen molar-refractivity contribution in [1.82, 2.24) is 10.2 Å². The number of rotatable bonds is 3. The Labute approximate surface area is 59.4 Å². The van der Waals surface area contributed by atoms with E-state index >= 15 is 0 Å². The molecule has 0 unspecified atom stereocenters. The molecule has 0 aliphatic carbocycles. The number of aromatic nitrogens is 2. The maximum Gasteiger partial charge on any atom is 0.211 e. The highest BCUT2D eigenvalue weighted by atomic mass is 16.5. The Morgan fingerprint density at radius 1 is 1.80 bits per heavy atom. The molecule has 0 spiro atoms. The molecule has 0 aliphatic rings. The fourth-order valence-electron chi connectivity index (χ4n) is 0.604. The van der Waals surface area contributed by atoms with E-state index in [9.17, 15) is 0 Å². The van der Waals surface area contributed by atoms with E-state index in [-0.39, 0.29) is 0 Å². The minimum Gasteiger partial charge on any atom is -0.478 e. The standard InChI is InChI=1S/C6H11N3O/c1-2-3-10-6-4-5(7)8-9-6/h4H,2-3H2,1H3,(H3,7,8,9). The van der Waals surface area contributed by atoms with Gasteiger partial charge in [0.2, 0.25) is 5.88 Å². The van der Waals surface area contributed by atoms with Gasteiger partial charge in [-0.15, -0.1) is 0 Å². The van der Waals surface area contributed by atoms with Gasteiger partial charge in [-0.1, -0.05) is 6.92 Å². The number of nitrogen functional groups attached to an aromatic ring is 1. The number of aromatic amines is 1. The van der Waals surface area contributed by atoms with Gasteiger partial charge < -0.3 is 10.5 Å². The Bertz CT molecular complexity index is 197. The van der Waals surface area contributed by atoms with Crippen LogP contribution in [-0.4, -0.2) is 16.8 Å². The van der Waals surface area contributed by atoms with Crippen molar-refractivity contribution in [2.24, 2.45) is 0 Å². The third-order valence-electron chi connectivity index (χ3n) is 1.04. The number of hydrogen-bond acceptors (Lipinski definition) is 3. The predicted octanol–water partition coefficient (Wildman–Crippen LogP) is 0.781. The van der Waals surface area contributed by atoms with Crippen molar-refractivity contribution >= 4 is 5.82 Å². The molecular formula is C6H11N3O. The summed E-state index contributed by atoms with van der Waals surface area (Å²) < 4.78 is 5.18. The molecule has 0 aromatic carbocycles. The van der Waals surface area contributed by atoms with Crippen LogP contribution in [0.15, 0.2) is 6.07 Å². The van der Waals surface area contributed by atoms with Crippen LogP contribution in [0.5, 0.6) is 5.88 Å². The van der Waals surface area contributed by atoms with Crippen LogP contribution < -0.4 is 10.5 Å². The van der Waals surface area contributed by atoms with Crippen LogP contribution >= 0.6 is 0 Å². The molecule has 0 saturated carbocycles. The van der Waals surface area contributed by atoms with Crippen LogP contribution in [0.25, 0.3) is 0 Å². The average molecular weight is 141 g/mol. The van der Waals surface area contributed by atoms with E-state index in [1.165, 1.54) is 0 Å². The summed E-state index contributed by atoms with van der Waals surface area (Å²) in [6.07, 6.45) is 0.985. The molecule has 0 saturated heterocycles. The second kappa shape index (κ2) is 3.10. The van der Waals surface area contributed by atoms with Crippen molar-refractivity contribution < 1.29 is 4.74 Å². The van der Waals surface area contributed by atoms with E-state index in [1.807, 2.05) is 6.92 Å². The quantitative estimate of drug-likeness (QED) is 0.653. The summed E-state index contributed by atoms with van der Waals surface area (Å²) in [6.45, 7) is 2.74. The summed E-state index contributed by atoms with van der Waals surface area (Å²) in [5, 5.41) is 6.34. The van der Waals surface area contributed by atoms with Gasteiger partial charge in [-0.05, 0) is 6.42 Å². The van der Waals surface area contributed by atoms with Crippen LogP contribution in [0.2, 0.25) is 0 Å². The molecule has 3 N–H and O–H groups in total. The number of nitrogens with two attached hydrogens (primary N) is 1. The monoisotopic (exact) mass is 141 g/mol. The summed E-state index contributed by atoms with van der Waals surface area (Å²) >= 11 is 0. The van der Waals surface area contributed by atoms with Crippen molar-refractivity contribution in [1.29, 1.82) is 0 Å². The minimum absolute atomic E-state index is 0.464. The fourth-order valence-corrected chi connectivity index (χ4v) is 0.604. The first-order chi connectivity index (χ1) is 4.83. The predicted molar refractivity (Wildman–Crippen MR) is 38.8 cm³/mol. The maximum absolute atomic E-state index is 5.33. The average Bonchev–Trinajstić information content (AvgIpc) is 2.31. The zero-order chi connectivity index (χ0) is 7.40. The highest BCUT2D eigenvalue weighted by Crippen LogP contribution is 2.08. The minimum atomic E-state index is 0.464. The molecule has 10 heavy (non-hydrogen) atoms. The topological polar surface area (TPSA) is 63.9 Å². The van der Waals surface area contributed by atoms with Gasteiger partial charge >= 0.3 is 0 Å². The molecule has 0 bridgehead atoms. The van der Waals surface area contributed by atoms with Crippen molar-refractivity contribution in [2.75, 3.05) is 12.3 Å². The normalized spacial score (nSPS) is 9.70. The second-order valence-corrected chi connectivity index (χ2v) is 2.01. The molecule has 1 heterocycles. The van der Waals surface area contributed by atoms with E-state index in [4.69, 9.17) is 10.5 Å². The van der Waals surface area contributed by atoms with Crippen LogP contribution in [0.1, 0.15) is 13.3 Å². The van der Waals surface area contributed by atoms with Crippen molar-refractivity contribution in [3.8, 4) is 5.88 Å². The second-order valence-electron chi connectivity index (χ2n) is 2.01. The summed E-state index contributed by atoms with van der Waals surface area (Å²) in [6, 6.07) is 1.66. The first-order valence-corrected chi connectivity index (χ1v) is 3.26. The van der Waals surface area contributed by atoms with E-state index in [0.717, 1.165) is 6.42 Å². The maximum atomic E-state index is 5.33. The van der Waals surface area contributed by atoms with Gasteiger partial charge in [0.05, 0.1) is 6.61 Å². The zero-order valence-corrected chi connectivity index (χ0v) is 5.92. The lowest BCUT2D eigenvalue weighted by Gasteiger charge is -1.97. The van der Waals surface area contributed by atoms with Gasteiger partial charge in [0.15, 0.2) is 0 Å². The molecule has 0 aliphatic heterocycles. The van der Waals surface area contributed by atoms with Crippen LogP contribution in [-0.2, 0) is 0 Å². The van der Waals surface area contributed by atoms with Gasteiger partial charge in [0.25, 0.3) is 0 Å². The summed E-state index contributed by atoms with van der Waals surface area (Å²) in [5.41, 5.74) is 5.33. The lowest BCUT2D eigenvalue weighted by Crippen LogP contribution is -1.94. The van der Waals surface area contributed by atoms with Gasteiger partial charge in [0, 0.05) is 6.07 Å². The van der Waals surface area contributed by atoms with E-state index < -0.39 is 0 Å². The molecule has 1 aromatic rings. The first kappa shape index (κ1) is 6.92. The number of nitrogens with zero attached hydrogens (tertiary/aromatic N) is 1.